The first-order valence-electron chi connectivity index (χ1n) is 6.22. The third kappa shape index (κ3) is 3.42. The molecule has 0 aliphatic carbocycles. The van der Waals surface area contributed by atoms with Crippen molar-refractivity contribution in [1.82, 2.24) is 10.3 Å². The molecule has 0 fully saturated rings. The van der Waals surface area contributed by atoms with Gasteiger partial charge in [0, 0.05) is 18.5 Å². The van der Waals surface area contributed by atoms with Gasteiger partial charge in [0.2, 0.25) is 11.8 Å². The number of rotatable bonds is 6. The predicted octanol–water partition coefficient (Wildman–Crippen LogP) is 1.63. The van der Waals surface area contributed by atoms with Crippen molar-refractivity contribution in [3.05, 3.63) is 53.2 Å². The summed E-state index contributed by atoms with van der Waals surface area (Å²) in [5.41, 5.74) is 6.73. The molecule has 0 radical (unpaired) electrons. The molecule has 1 aromatic heterocycles. The average Bonchev–Trinajstić information content (AvgIpc) is 2.87. The third-order valence-corrected chi connectivity index (χ3v) is 2.82. The number of nitrogens with zero attached hydrogens (tertiary/aromatic N) is 1. The Morgan fingerprint density at radius 2 is 2.16 bits per heavy atom. The molecule has 1 amide bonds. The number of amides is 1. The second-order valence-electron chi connectivity index (χ2n) is 4.20. The summed E-state index contributed by atoms with van der Waals surface area (Å²) in [6, 6.07) is 7.27. The summed E-state index contributed by atoms with van der Waals surface area (Å²) in [6.07, 6.45) is 2.56. The molecule has 1 aromatic carbocycles. The highest BCUT2D eigenvalue weighted by Gasteiger charge is 2.07. The summed E-state index contributed by atoms with van der Waals surface area (Å²) >= 11 is 0. The molecule has 0 aliphatic heterocycles. The number of hydrogen-bond donors (Lipinski definition) is 2. The Balaban J connectivity index is 1.94. The summed E-state index contributed by atoms with van der Waals surface area (Å²) in [4.78, 5) is 15.4. The second kappa shape index (κ2) is 6.15. The van der Waals surface area contributed by atoms with Crippen LogP contribution in [0.4, 0.5) is 0 Å². The van der Waals surface area contributed by atoms with Gasteiger partial charge in [-0.2, -0.15) is 0 Å². The number of benzene rings is 1. The van der Waals surface area contributed by atoms with E-state index < -0.39 is 5.91 Å². The van der Waals surface area contributed by atoms with E-state index in [9.17, 15) is 4.79 Å². The molecule has 0 saturated heterocycles. The normalized spacial score (nSPS) is 10.6. The molecular formula is C14H17N3O2. The van der Waals surface area contributed by atoms with E-state index in [1.54, 1.807) is 18.3 Å². The van der Waals surface area contributed by atoms with E-state index in [0.29, 0.717) is 24.5 Å². The molecule has 1 heterocycles. The number of aryl methyl sites for hydroxylation is 1. The van der Waals surface area contributed by atoms with E-state index in [-0.39, 0.29) is 0 Å². The highest BCUT2D eigenvalue weighted by Crippen LogP contribution is 2.08. The minimum Gasteiger partial charge on any atom is -0.444 e. The number of nitrogens with one attached hydrogen (secondary N) is 1. The van der Waals surface area contributed by atoms with E-state index in [2.05, 4.69) is 10.3 Å². The van der Waals surface area contributed by atoms with Crippen LogP contribution in [0.5, 0.6) is 0 Å². The van der Waals surface area contributed by atoms with Crippen molar-refractivity contribution in [2.45, 2.75) is 26.4 Å². The van der Waals surface area contributed by atoms with Gasteiger partial charge in [0.25, 0.3) is 0 Å². The first-order valence-corrected chi connectivity index (χ1v) is 6.22. The maximum absolute atomic E-state index is 11.3. The fourth-order valence-corrected chi connectivity index (χ4v) is 1.81. The molecule has 0 aliphatic rings. The van der Waals surface area contributed by atoms with Crippen molar-refractivity contribution in [1.29, 1.82) is 0 Å². The Kier molecular flexibility index (Phi) is 4.30. The maximum Gasteiger partial charge on any atom is 0.249 e. The van der Waals surface area contributed by atoms with Gasteiger partial charge in [-0.25, -0.2) is 4.98 Å². The number of nitrogens with two attached hydrogens (primary N) is 1. The monoisotopic (exact) mass is 259 g/mol. The average molecular weight is 259 g/mol. The van der Waals surface area contributed by atoms with Crippen molar-refractivity contribution < 1.29 is 9.21 Å². The standard InChI is InChI=1S/C14H17N3O2/c1-2-11-8-17-13(19-11)9-16-7-10-5-3-4-6-12(10)14(15)18/h3-6,8,16H,2,7,9H2,1H3,(H2,15,18). The van der Waals surface area contributed by atoms with Gasteiger partial charge in [0.05, 0.1) is 12.7 Å². The summed E-state index contributed by atoms with van der Waals surface area (Å²) < 4.78 is 5.48. The molecule has 0 atom stereocenters. The van der Waals surface area contributed by atoms with Crippen molar-refractivity contribution in [3.63, 3.8) is 0 Å². The maximum atomic E-state index is 11.3. The molecule has 5 nitrogen and oxygen atoms in total. The van der Waals surface area contributed by atoms with E-state index in [1.165, 1.54) is 0 Å². The van der Waals surface area contributed by atoms with Crippen LogP contribution in [0.1, 0.15) is 34.5 Å². The molecule has 0 unspecified atom stereocenters. The summed E-state index contributed by atoms with van der Waals surface area (Å²) in [6.45, 7) is 3.08. The lowest BCUT2D eigenvalue weighted by atomic mass is 10.1. The van der Waals surface area contributed by atoms with Crippen LogP contribution >= 0.6 is 0 Å². The minimum atomic E-state index is -0.415. The summed E-state index contributed by atoms with van der Waals surface area (Å²) in [5.74, 6) is 1.10. The van der Waals surface area contributed by atoms with Crippen molar-refractivity contribution in [2.75, 3.05) is 0 Å². The fourth-order valence-electron chi connectivity index (χ4n) is 1.81. The van der Waals surface area contributed by atoms with E-state index in [1.807, 2.05) is 19.1 Å². The van der Waals surface area contributed by atoms with Crippen LogP contribution < -0.4 is 11.1 Å². The van der Waals surface area contributed by atoms with Crippen LogP contribution in [-0.4, -0.2) is 10.9 Å². The minimum absolute atomic E-state index is 0.415. The SMILES string of the molecule is CCc1cnc(CNCc2ccccc2C(N)=O)o1. The Morgan fingerprint density at radius 3 is 2.84 bits per heavy atom. The van der Waals surface area contributed by atoms with Gasteiger partial charge < -0.3 is 15.5 Å². The molecule has 0 saturated carbocycles. The molecule has 0 spiro atoms. The molecule has 2 aromatic rings. The van der Waals surface area contributed by atoms with Gasteiger partial charge in [0.1, 0.15) is 5.76 Å². The zero-order valence-corrected chi connectivity index (χ0v) is 10.8. The number of hydrogen-bond acceptors (Lipinski definition) is 4. The van der Waals surface area contributed by atoms with Crippen molar-refractivity contribution in [3.8, 4) is 0 Å². The highest BCUT2D eigenvalue weighted by molar-refractivity contribution is 5.94. The lowest BCUT2D eigenvalue weighted by molar-refractivity contribution is 0.0999. The van der Waals surface area contributed by atoms with Gasteiger partial charge in [-0.3, -0.25) is 4.79 Å². The van der Waals surface area contributed by atoms with Crippen LogP contribution in [0.3, 0.4) is 0 Å². The van der Waals surface area contributed by atoms with E-state index in [4.69, 9.17) is 10.2 Å². The fraction of sp³-hybridized carbons (Fsp3) is 0.286. The first-order chi connectivity index (χ1) is 9.20. The number of aromatic nitrogens is 1. The van der Waals surface area contributed by atoms with Crippen molar-refractivity contribution in [2.24, 2.45) is 5.73 Å². The number of primary amides is 1. The Hall–Kier alpha value is -2.14. The molecule has 0 bridgehead atoms. The number of oxazole rings is 1. The molecule has 19 heavy (non-hydrogen) atoms. The van der Waals surface area contributed by atoms with Crippen LogP contribution in [0.2, 0.25) is 0 Å². The van der Waals surface area contributed by atoms with Gasteiger partial charge in [0.15, 0.2) is 0 Å². The second-order valence-corrected chi connectivity index (χ2v) is 4.20. The van der Waals surface area contributed by atoms with Crippen LogP contribution in [0.25, 0.3) is 0 Å². The Bertz CT molecular complexity index is 563. The molecular weight excluding hydrogens is 242 g/mol. The van der Waals surface area contributed by atoms with Crippen LogP contribution in [0, 0.1) is 0 Å². The summed E-state index contributed by atoms with van der Waals surface area (Å²) in [7, 11) is 0. The molecule has 3 N–H and O–H groups in total. The van der Waals surface area contributed by atoms with Crippen LogP contribution in [-0.2, 0) is 19.5 Å². The molecule has 100 valence electrons. The number of carbonyl (C=O) groups excluding carboxylic acids is 1. The topological polar surface area (TPSA) is 81.1 Å². The summed E-state index contributed by atoms with van der Waals surface area (Å²) in [5, 5.41) is 3.19. The van der Waals surface area contributed by atoms with Gasteiger partial charge in [-0.1, -0.05) is 25.1 Å². The lowest BCUT2D eigenvalue weighted by Gasteiger charge is -2.06. The quantitative estimate of drug-likeness (QED) is 0.826. The van der Waals surface area contributed by atoms with Gasteiger partial charge in [-0.15, -0.1) is 0 Å². The third-order valence-electron chi connectivity index (χ3n) is 2.82. The zero-order chi connectivity index (χ0) is 13.7. The van der Waals surface area contributed by atoms with E-state index in [0.717, 1.165) is 17.7 Å². The van der Waals surface area contributed by atoms with Gasteiger partial charge >= 0.3 is 0 Å². The van der Waals surface area contributed by atoms with Crippen molar-refractivity contribution >= 4 is 5.91 Å². The zero-order valence-electron chi connectivity index (χ0n) is 10.8. The molecule has 5 heteroatoms. The predicted molar refractivity (Wildman–Crippen MR) is 71.4 cm³/mol. The van der Waals surface area contributed by atoms with Crippen LogP contribution in [0.15, 0.2) is 34.9 Å². The number of carbonyl (C=O) groups is 1. The van der Waals surface area contributed by atoms with Gasteiger partial charge in [-0.05, 0) is 11.6 Å². The first kappa shape index (κ1) is 13.3. The van der Waals surface area contributed by atoms with E-state index >= 15 is 0 Å². The smallest absolute Gasteiger partial charge is 0.249 e. The lowest BCUT2D eigenvalue weighted by Crippen LogP contribution is -2.18. The Labute approximate surface area is 111 Å². The molecule has 2 rings (SSSR count). The highest BCUT2D eigenvalue weighted by atomic mass is 16.4. The largest absolute Gasteiger partial charge is 0.444 e. The Morgan fingerprint density at radius 1 is 1.37 bits per heavy atom.